The summed E-state index contributed by atoms with van der Waals surface area (Å²) >= 11 is 1.62. The van der Waals surface area contributed by atoms with Crippen molar-refractivity contribution in [2.24, 2.45) is 17.3 Å². The van der Waals surface area contributed by atoms with Crippen LogP contribution in [0.5, 0.6) is 0 Å². The van der Waals surface area contributed by atoms with E-state index >= 15 is 0 Å². The Balaban J connectivity index is 1.46. The van der Waals surface area contributed by atoms with Crippen LogP contribution in [0.25, 0.3) is 0 Å². The molecular formula is C19H28N2O2S. The molecule has 2 aliphatic heterocycles. The van der Waals surface area contributed by atoms with Crippen molar-refractivity contribution in [3.8, 4) is 0 Å². The average Bonchev–Trinajstić information content (AvgIpc) is 2.96. The van der Waals surface area contributed by atoms with Gasteiger partial charge in [-0.1, -0.05) is 0 Å². The topological polar surface area (TPSA) is 32.8 Å². The Bertz CT molecular complexity index is 612. The van der Waals surface area contributed by atoms with Gasteiger partial charge in [-0.3, -0.25) is 4.79 Å². The van der Waals surface area contributed by atoms with Crippen molar-refractivity contribution in [1.29, 1.82) is 0 Å². The number of thiophene rings is 1. The molecule has 4 rings (SSSR count). The van der Waals surface area contributed by atoms with Crippen LogP contribution in [0.15, 0.2) is 12.1 Å². The molecule has 0 unspecified atom stereocenters. The van der Waals surface area contributed by atoms with E-state index in [1.807, 2.05) is 19.2 Å². The van der Waals surface area contributed by atoms with Gasteiger partial charge in [0.15, 0.2) is 0 Å². The van der Waals surface area contributed by atoms with Crippen LogP contribution in [0.2, 0.25) is 0 Å². The predicted octanol–water partition coefficient (Wildman–Crippen LogP) is 2.88. The Morgan fingerprint density at radius 3 is 2.88 bits per heavy atom. The van der Waals surface area contributed by atoms with Crippen LogP contribution >= 0.6 is 11.3 Å². The zero-order chi connectivity index (χ0) is 16.7. The predicted molar refractivity (Wildman–Crippen MR) is 96.5 cm³/mol. The zero-order valence-corrected chi connectivity index (χ0v) is 15.6. The molecule has 2 atom stereocenters. The number of nitrogens with zero attached hydrogens (tertiary/aromatic N) is 2. The van der Waals surface area contributed by atoms with E-state index in [0.717, 1.165) is 50.0 Å². The van der Waals surface area contributed by atoms with E-state index < -0.39 is 0 Å². The number of aryl methyl sites for hydroxylation is 1. The highest BCUT2D eigenvalue weighted by Gasteiger charge is 2.51. The molecule has 132 valence electrons. The summed E-state index contributed by atoms with van der Waals surface area (Å²) in [6.07, 6.45) is 3.93. The summed E-state index contributed by atoms with van der Waals surface area (Å²) in [4.78, 5) is 19.7. The Kier molecular flexibility index (Phi) is 4.43. The summed E-state index contributed by atoms with van der Waals surface area (Å²) in [5.41, 5.74) is 0.243. The maximum Gasteiger partial charge on any atom is 0.263 e. The van der Waals surface area contributed by atoms with E-state index in [0.29, 0.717) is 5.92 Å². The van der Waals surface area contributed by atoms with Gasteiger partial charge in [0.25, 0.3) is 5.91 Å². The lowest BCUT2D eigenvalue weighted by atomic mass is 9.77. The second-order valence-corrected chi connectivity index (χ2v) is 9.33. The van der Waals surface area contributed by atoms with Gasteiger partial charge < -0.3 is 14.5 Å². The molecule has 1 amide bonds. The largest absolute Gasteiger partial charge is 0.384 e. The molecule has 5 heteroatoms. The molecule has 1 spiro atoms. The minimum atomic E-state index is 0.224. The van der Waals surface area contributed by atoms with E-state index in [1.165, 1.54) is 24.3 Å². The van der Waals surface area contributed by atoms with E-state index in [4.69, 9.17) is 4.74 Å². The quantitative estimate of drug-likeness (QED) is 0.820. The Labute approximate surface area is 148 Å². The molecule has 3 fully saturated rings. The van der Waals surface area contributed by atoms with Gasteiger partial charge in [-0.25, -0.2) is 0 Å². The van der Waals surface area contributed by atoms with E-state index in [9.17, 15) is 4.79 Å². The highest BCUT2D eigenvalue weighted by molar-refractivity contribution is 7.13. The van der Waals surface area contributed by atoms with Crippen LogP contribution in [-0.2, 0) is 4.74 Å². The van der Waals surface area contributed by atoms with Gasteiger partial charge in [0.05, 0.1) is 11.5 Å². The molecular weight excluding hydrogens is 320 g/mol. The molecule has 24 heavy (non-hydrogen) atoms. The molecule has 0 N–H and O–H groups in total. The highest BCUT2D eigenvalue weighted by atomic mass is 32.1. The molecule has 0 aromatic carbocycles. The fourth-order valence-corrected chi connectivity index (χ4v) is 5.45. The third-order valence-corrected chi connectivity index (χ3v) is 7.08. The summed E-state index contributed by atoms with van der Waals surface area (Å²) < 4.78 is 5.54. The first kappa shape index (κ1) is 16.6. The molecule has 3 aliphatic rings. The first-order valence-electron chi connectivity index (χ1n) is 9.17. The fourth-order valence-electron chi connectivity index (χ4n) is 4.62. The van der Waals surface area contributed by atoms with Gasteiger partial charge in [-0.2, -0.15) is 0 Å². The number of rotatable bonds is 5. The van der Waals surface area contributed by atoms with Crippen molar-refractivity contribution in [3.05, 3.63) is 21.9 Å². The molecule has 4 nitrogen and oxygen atoms in total. The van der Waals surface area contributed by atoms with Crippen molar-refractivity contribution in [3.63, 3.8) is 0 Å². The standard InChI is InChI=1S/C19H28N2O2S/c1-14-3-6-17(24-14)18(22)21-8-7-19(13-21)12-20(9-15-4-5-15)10-16(19)11-23-2/h3,6,15-16H,4-5,7-13H2,1-2H3/t16-,19-/m0/s1. The molecule has 1 saturated carbocycles. The lowest BCUT2D eigenvalue weighted by Gasteiger charge is -2.30. The van der Waals surface area contributed by atoms with Crippen LogP contribution in [0, 0.1) is 24.2 Å². The normalized spacial score (nSPS) is 30.6. The Morgan fingerprint density at radius 2 is 2.21 bits per heavy atom. The van der Waals surface area contributed by atoms with Gasteiger partial charge in [-0.15, -0.1) is 11.3 Å². The van der Waals surface area contributed by atoms with Crippen molar-refractivity contribution >= 4 is 17.2 Å². The maximum absolute atomic E-state index is 12.8. The third-order valence-electron chi connectivity index (χ3n) is 6.09. The van der Waals surface area contributed by atoms with Crippen molar-refractivity contribution < 1.29 is 9.53 Å². The highest BCUT2D eigenvalue weighted by Crippen LogP contribution is 2.45. The SMILES string of the molecule is COC[C@@H]1CN(CC2CC2)C[C@]12CCN(C(=O)c1ccc(C)s1)C2. The molecule has 1 aliphatic carbocycles. The van der Waals surface area contributed by atoms with Gasteiger partial charge in [0.2, 0.25) is 0 Å². The average molecular weight is 349 g/mol. The second-order valence-electron chi connectivity index (χ2n) is 8.04. The molecule has 1 aromatic rings. The first-order valence-corrected chi connectivity index (χ1v) is 9.98. The van der Waals surface area contributed by atoms with Crippen LogP contribution in [-0.4, -0.2) is 62.1 Å². The van der Waals surface area contributed by atoms with E-state index in [1.54, 1.807) is 11.3 Å². The number of hydrogen-bond acceptors (Lipinski definition) is 4. The number of amides is 1. The first-order chi connectivity index (χ1) is 11.6. The molecule has 0 bridgehead atoms. The zero-order valence-electron chi connectivity index (χ0n) is 14.8. The van der Waals surface area contributed by atoms with Crippen LogP contribution in [0.4, 0.5) is 0 Å². The second kappa shape index (κ2) is 6.43. The van der Waals surface area contributed by atoms with Gasteiger partial charge in [0.1, 0.15) is 0 Å². The number of likely N-dealkylation sites (tertiary alicyclic amines) is 2. The number of methoxy groups -OCH3 is 1. The van der Waals surface area contributed by atoms with Crippen molar-refractivity contribution in [1.82, 2.24) is 9.80 Å². The van der Waals surface area contributed by atoms with Crippen LogP contribution in [0.3, 0.4) is 0 Å². The Hall–Kier alpha value is -0.910. The lowest BCUT2D eigenvalue weighted by molar-refractivity contribution is 0.0720. The Morgan fingerprint density at radius 1 is 1.38 bits per heavy atom. The third kappa shape index (κ3) is 3.14. The summed E-state index contributed by atoms with van der Waals surface area (Å²) in [6, 6.07) is 4.03. The molecule has 3 heterocycles. The lowest BCUT2D eigenvalue weighted by Crippen LogP contribution is -2.38. The minimum absolute atomic E-state index is 0.224. The summed E-state index contributed by atoms with van der Waals surface area (Å²) in [6.45, 7) is 8.22. The smallest absolute Gasteiger partial charge is 0.263 e. The monoisotopic (exact) mass is 348 g/mol. The maximum atomic E-state index is 12.8. The van der Waals surface area contributed by atoms with Gasteiger partial charge >= 0.3 is 0 Å². The molecule has 1 aromatic heterocycles. The summed E-state index contributed by atoms with van der Waals surface area (Å²) in [7, 11) is 1.81. The summed E-state index contributed by atoms with van der Waals surface area (Å²) in [5, 5.41) is 0. The van der Waals surface area contributed by atoms with Crippen molar-refractivity contribution in [2.45, 2.75) is 26.2 Å². The minimum Gasteiger partial charge on any atom is -0.384 e. The fraction of sp³-hybridized carbons (Fsp3) is 0.737. The van der Waals surface area contributed by atoms with Crippen LogP contribution < -0.4 is 0 Å². The van der Waals surface area contributed by atoms with Gasteiger partial charge in [0, 0.05) is 56.0 Å². The van der Waals surface area contributed by atoms with Crippen LogP contribution in [0.1, 0.15) is 33.8 Å². The number of carbonyl (C=O) groups excluding carboxylic acids is 1. The number of hydrogen-bond donors (Lipinski definition) is 0. The van der Waals surface area contributed by atoms with E-state index in [2.05, 4.69) is 16.7 Å². The van der Waals surface area contributed by atoms with Gasteiger partial charge in [-0.05, 0) is 44.2 Å². The number of carbonyl (C=O) groups is 1. The van der Waals surface area contributed by atoms with E-state index in [-0.39, 0.29) is 11.3 Å². The molecule has 2 saturated heterocycles. The van der Waals surface area contributed by atoms with Crippen molar-refractivity contribution in [2.75, 3.05) is 46.4 Å². The molecule has 0 radical (unpaired) electrons. The number of ether oxygens (including phenoxy) is 1. The summed E-state index contributed by atoms with van der Waals surface area (Å²) in [5.74, 6) is 1.71.